The number of nitrogens with one attached hydrogen (secondary N) is 1. The number of hydrogen-bond acceptors (Lipinski definition) is 5. The van der Waals surface area contributed by atoms with E-state index < -0.39 is 23.7 Å². The molecular weight excluding hydrogens is 280 g/mol. The smallest absolute Gasteiger partial charge is 0.412 e. The van der Waals surface area contributed by atoms with Crippen LogP contribution in [0.25, 0.3) is 0 Å². The molecule has 1 fully saturated rings. The van der Waals surface area contributed by atoms with Gasteiger partial charge in [-0.25, -0.2) is 19.7 Å². The van der Waals surface area contributed by atoms with Gasteiger partial charge in [0.25, 0.3) is 0 Å². The molecule has 0 aromatic heterocycles. The van der Waals surface area contributed by atoms with Gasteiger partial charge in [0.1, 0.15) is 12.2 Å². The zero-order valence-corrected chi connectivity index (χ0v) is 12.5. The molecular formula is C13H22N2O6. The predicted molar refractivity (Wildman–Crippen MR) is 72.9 cm³/mol. The molecule has 0 aliphatic carbocycles. The van der Waals surface area contributed by atoms with Crippen LogP contribution in [0.2, 0.25) is 0 Å². The first-order valence-electron chi connectivity index (χ1n) is 6.79. The molecule has 1 heterocycles. The monoisotopic (exact) mass is 302 g/mol. The Morgan fingerprint density at radius 2 is 1.81 bits per heavy atom. The lowest BCUT2D eigenvalue weighted by atomic mass is 10.1. The van der Waals surface area contributed by atoms with Gasteiger partial charge in [0.2, 0.25) is 0 Å². The van der Waals surface area contributed by atoms with E-state index in [1.165, 1.54) is 4.90 Å². The zero-order chi connectivity index (χ0) is 16.0. The summed E-state index contributed by atoms with van der Waals surface area (Å²) in [5.41, 5.74) is -0.543. The summed E-state index contributed by atoms with van der Waals surface area (Å²) in [6, 6.07) is -0.631. The molecule has 3 amide bonds. The van der Waals surface area contributed by atoms with Gasteiger partial charge < -0.3 is 19.5 Å². The van der Waals surface area contributed by atoms with Crippen molar-refractivity contribution in [3.05, 3.63) is 0 Å². The lowest BCUT2D eigenvalue weighted by Crippen LogP contribution is -2.47. The number of carboxylic acid groups (broad SMARTS) is 1. The zero-order valence-electron chi connectivity index (χ0n) is 12.5. The number of ether oxygens (including phenoxy) is 2. The second-order valence-corrected chi connectivity index (χ2v) is 5.82. The minimum Gasteiger partial charge on any atom is -0.465 e. The molecule has 0 atom stereocenters. The normalized spacial score (nSPS) is 16.4. The molecule has 120 valence electrons. The fourth-order valence-electron chi connectivity index (χ4n) is 1.95. The van der Waals surface area contributed by atoms with Gasteiger partial charge >= 0.3 is 18.1 Å². The number of carbonyl (C=O) groups is 3. The van der Waals surface area contributed by atoms with Crippen LogP contribution in [0.3, 0.4) is 0 Å². The van der Waals surface area contributed by atoms with Crippen molar-refractivity contribution >= 4 is 18.1 Å². The van der Waals surface area contributed by atoms with Crippen molar-refractivity contribution in [3.63, 3.8) is 0 Å². The number of imide groups is 1. The van der Waals surface area contributed by atoms with Crippen LogP contribution in [0.4, 0.5) is 9.59 Å². The second-order valence-electron chi connectivity index (χ2n) is 5.82. The molecule has 0 saturated carbocycles. The topological polar surface area (TPSA) is 105 Å². The number of nitrogens with zero attached hydrogens (tertiary/aromatic N) is 1. The van der Waals surface area contributed by atoms with E-state index in [0.717, 1.165) is 0 Å². The number of amides is 3. The Hall–Kier alpha value is -1.83. The highest BCUT2D eigenvalue weighted by Gasteiger charge is 2.25. The molecule has 0 unspecified atom stereocenters. The van der Waals surface area contributed by atoms with Crippen molar-refractivity contribution in [1.29, 1.82) is 0 Å². The van der Waals surface area contributed by atoms with Gasteiger partial charge in [0.15, 0.2) is 0 Å². The van der Waals surface area contributed by atoms with Crippen molar-refractivity contribution in [2.75, 3.05) is 19.7 Å². The average Bonchev–Trinajstić information content (AvgIpc) is 2.34. The largest absolute Gasteiger partial charge is 0.465 e. The summed E-state index contributed by atoms with van der Waals surface area (Å²) in [5, 5.41) is 10.3. The SMILES string of the molecule is CC(C)(C)OC(=O)COC1CCN(C(=O)NC(=O)O)CC1. The number of hydrogen-bond donors (Lipinski definition) is 2. The Balaban J connectivity index is 2.26. The van der Waals surface area contributed by atoms with Crippen LogP contribution in [0.1, 0.15) is 33.6 Å². The molecule has 1 aliphatic rings. The molecule has 0 radical (unpaired) electrons. The molecule has 0 spiro atoms. The van der Waals surface area contributed by atoms with E-state index in [1.54, 1.807) is 26.1 Å². The lowest BCUT2D eigenvalue weighted by Gasteiger charge is -2.31. The molecule has 1 rings (SSSR count). The lowest BCUT2D eigenvalue weighted by molar-refractivity contribution is -0.163. The van der Waals surface area contributed by atoms with E-state index in [1.807, 2.05) is 0 Å². The molecule has 1 saturated heterocycles. The van der Waals surface area contributed by atoms with E-state index in [-0.39, 0.29) is 12.7 Å². The fourth-order valence-corrected chi connectivity index (χ4v) is 1.95. The summed E-state index contributed by atoms with van der Waals surface area (Å²) in [7, 11) is 0. The quantitative estimate of drug-likeness (QED) is 0.759. The number of piperidine rings is 1. The molecule has 8 nitrogen and oxygen atoms in total. The Bertz CT molecular complexity index is 396. The molecule has 8 heteroatoms. The number of urea groups is 1. The van der Waals surface area contributed by atoms with Gasteiger partial charge in [0.05, 0.1) is 6.10 Å². The van der Waals surface area contributed by atoms with Gasteiger partial charge in [-0.3, -0.25) is 0 Å². The summed E-state index contributed by atoms with van der Waals surface area (Å²) < 4.78 is 10.6. The van der Waals surface area contributed by atoms with Crippen LogP contribution in [0.15, 0.2) is 0 Å². The number of likely N-dealkylation sites (tertiary alicyclic amines) is 1. The summed E-state index contributed by atoms with van der Waals surface area (Å²) in [5.74, 6) is -0.423. The van der Waals surface area contributed by atoms with Crippen LogP contribution in [0.5, 0.6) is 0 Å². The molecule has 0 bridgehead atoms. The maximum Gasteiger partial charge on any atom is 0.412 e. The van der Waals surface area contributed by atoms with Gasteiger partial charge in [-0.05, 0) is 33.6 Å². The van der Waals surface area contributed by atoms with Crippen LogP contribution in [-0.4, -0.2) is 59.5 Å². The van der Waals surface area contributed by atoms with Crippen LogP contribution >= 0.6 is 0 Å². The van der Waals surface area contributed by atoms with Crippen molar-refractivity contribution in [1.82, 2.24) is 10.2 Å². The first-order chi connectivity index (χ1) is 9.67. The highest BCUT2D eigenvalue weighted by Crippen LogP contribution is 2.14. The van der Waals surface area contributed by atoms with Crippen LogP contribution in [0, 0.1) is 0 Å². The number of carbonyl (C=O) groups excluding carboxylic acids is 2. The Kier molecular flexibility index (Phi) is 5.95. The molecule has 1 aliphatic heterocycles. The highest BCUT2D eigenvalue weighted by atomic mass is 16.6. The summed E-state index contributed by atoms with van der Waals surface area (Å²) >= 11 is 0. The fraction of sp³-hybridized carbons (Fsp3) is 0.769. The maximum atomic E-state index is 11.5. The Morgan fingerprint density at radius 1 is 1.24 bits per heavy atom. The summed E-state index contributed by atoms with van der Waals surface area (Å²) in [6.45, 7) is 6.00. The third-order valence-corrected chi connectivity index (χ3v) is 2.80. The van der Waals surface area contributed by atoms with E-state index in [4.69, 9.17) is 14.6 Å². The predicted octanol–water partition coefficient (Wildman–Crippen LogP) is 1.20. The summed E-state index contributed by atoms with van der Waals surface area (Å²) in [4.78, 5) is 34.7. The van der Waals surface area contributed by atoms with Crippen LogP contribution in [-0.2, 0) is 14.3 Å². The van der Waals surface area contributed by atoms with E-state index >= 15 is 0 Å². The van der Waals surface area contributed by atoms with Crippen molar-refractivity contribution in [2.24, 2.45) is 0 Å². The van der Waals surface area contributed by atoms with Gasteiger partial charge in [0, 0.05) is 13.1 Å². The first kappa shape index (κ1) is 17.2. The number of rotatable bonds is 3. The highest BCUT2D eigenvalue weighted by molar-refractivity contribution is 5.89. The van der Waals surface area contributed by atoms with E-state index in [2.05, 4.69) is 0 Å². The van der Waals surface area contributed by atoms with E-state index in [9.17, 15) is 14.4 Å². The molecule has 0 aromatic rings. The molecule has 2 N–H and O–H groups in total. The molecule has 21 heavy (non-hydrogen) atoms. The van der Waals surface area contributed by atoms with Crippen molar-refractivity contribution < 1.29 is 29.0 Å². The minimum atomic E-state index is -1.37. The number of esters is 1. The standard InChI is InChI=1S/C13H22N2O6/c1-13(2,3)21-10(16)8-20-9-4-6-15(7-5-9)11(17)14-12(18)19/h9H,4-8H2,1-3H3,(H,14,17)(H,18,19). The average molecular weight is 302 g/mol. The van der Waals surface area contributed by atoms with Gasteiger partial charge in [-0.2, -0.15) is 0 Å². The minimum absolute atomic E-state index is 0.122. The Labute approximate surface area is 123 Å². The van der Waals surface area contributed by atoms with Crippen molar-refractivity contribution in [3.8, 4) is 0 Å². The molecule has 0 aromatic carbocycles. The van der Waals surface area contributed by atoms with Gasteiger partial charge in [-0.15, -0.1) is 0 Å². The van der Waals surface area contributed by atoms with Crippen molar-refractivity contribution in [2.45, 2.75) is 45.3 Å². The Morgan fingerprint density at radius 3 is 2.29 bits per heavy atom. The maximum absolute atomic E-state index is 11.5. The first-order valence-corrected chi connectivity index (χ1v) is 6.79. The second kappa shape index (κ2) is 7.26. The van der Waals surface area contributed by atoms with Gasteiger partial charge in [-0.1, -0.05) is 0 Å². The van der Waals surface area contributed by atoms with E-state index in [0.29, 0.717) is 25.9 Å². The van der Waals surface area contributed by atoms with Crippen LogP contribution < -0.4 is 5.32 Å². The third-order valence-electron chi connectivity index (χ3n) is 2.80. The summed E-state index contributed by atoms with van der Waals surface area (Å²) in [6.07, 6.45) is -0.402. The third kappa shape index (κ3) is 6.94.